The van der Waals surface area contributed by atoms with Crippen LogP contribution < -0.4 is 0 Å². The zero-order chi connectivity index (χ0) is 9.10. The molecule has 2 rings (SSSR count). The lowest BCUT2D eigenvalue weighted by atomic mass is 10.2. The Labute approximate surface area is 73.9 Å². The van der Waals surface area contributed by atoms with E-state index in [1.165, 1.54) is 24.9 Å². The zero-order valence-electron chi connectivity index (χ0n) is 6.64. The Balaban J connectivity index is 2.34. The average molecular weight is 174 g/mol. The van der Waals surface area contributed by atoms with Gasteiger partial charge in [-0.15, -0.1) is 0 Å². The van der Waals surface area contributed by atoms with Gasteiger partial charge in [0.1, 0.15) is 12.0 Å². The third kappa shape index (κ3) is 1.44. The largest absolute Gasteiger partial charge is 0.287 e. The molecule has 0 spiro atoms. The van der Waals surface area contributed by atoms with Crippen LogP contribution in [0.5, 0.6) is 0 Å². The van der Waals surface area contributed by atoms with Crippen LogP contribution in [-0.4, -0.2) is 25.9 Å². The van der Waals surface area contributed by atoms with Crippen molar-refractivity contribution in [2.24, 2.45) is 0 Å². The van der Waals surface area contributed by atoms with Gasteiger partial charge in [-0.2, -0.15) is 5.10 Å². The highest BCUT2D eigenvalue weighted by molar-refractivity contribution is 6.07. The van der Waals surface area contributed by atoms with E-state index in [1.807, 2.05) is 0 Å². The first-order chi connectivity index (χ1) is 6.38. The molecule has 0 bridgehead atoms. The number of aromatic nitrogens is 4. The van der Waals surface area contributed by atoms with Crippen molar-refractivity contribution in [3.8, 4) is 0 Å². The summed E-state index contributed by atoms with van der Waals surface area (Å²) in [5.74, 6) is -0.156. The predicted octanol–water partition coefficient (Wildman–Crippen LogP) is 0.431. The summed E-state index contributed by atoms with van der Waals surface area (Å²) in [6.07, 6.45) is 5.86. The minimum absolute atomic E-state index is 0.156. The van der Waals surface area contributed by atoms with Crippen molar-refractivity contribution >= 4 is 5.78 Å². The number of hydrogen-bond donors (Lipinski definition) is 1. The van der Waals surface area contributed by atoms with Crippen molar-refractivity contribution in [1.29, 1.82) is 0 Å². The Morgan fingerprint density at radius 3 is 3.00 bits per heavy atom. The van der Waals surface area contributed by atoms with Gasteiger partial charge in [0, 0.05) is 12.4 Å². The van der Waals surface area contributed by atoms with E-state index in [1.54, 1.807) is 6.07 Å². The summed E-state index contributed by atoms with van der Waals surface area (Å²) in [6, 6.07) is 1.56. The topological polar surface area (TPSA) is 71.5 Å². The molecule has 5 nitrogen and oxygen atoms in total. The molecule has 0 saturated heterocycles. The van der Waals surface area contributed by atoms with Crippen LogP contribution in [0.15, 0.2) is 31.0 Å². The van der Waals surface area contributed by atoms with E-state index in [4.69, 9.17) is 0 Å². The lowest BCUT2D eigenvalue weighted by Crippen LogP contribution is -2.02. The molecule has 0 amide bonds. The molecule has 0 aliphatic rings. The fourth-order valence-corrected chi connectivity index (χ4v) is 0.948. The highest BCUT2D eigenvalue weighted by Crippen LogP contribution is 2.03. The van der Waals surface area contributed by atoms with Crippen LogP contribution in [-0.2, 0) is 0 Å². The maximum atomic E-state index is 11.6. The minimum atomic E-state index is -0.156. The summed E-state index contributed by atoms with van der Waals surface area (Å²) < 4.78 is 0. The monoisotopic (exact) mass is 174 g/mol. The molecule has 13 heavy (non-hydrogen) atoms. The summed E-state index contributed by atoms with van der Waals surface area (Å²) in [5, 5.41) is 6.25. The van der Waals surface area contributed by atoms with Gasteiger partial charge in [-0.3, -0.25) is 9.89 Å². The summed E-state index contributed by atoms with van der Waals surface area (Å²) in [4.78, 5) is 19.1. The molecule has 0 fully saturated rings. The Bertz CT molecular complexity index is 395. The van der Waals surface area contributed by atoms with Crippen LogP contribution >= 0.6 is 0 Å². The standard InChI is InChI=1S/C8H6N4O/c13-8(6-3-11-12-4-6)7-1-2-9-5-10-7/h1-5H,(H,11,12). The average Bonchev–Trinajstić information content (AvgIpc) is 2.71. The quantitative estimate of drug-likeness (QED) is 0.670. The van der Waals surface area contributed by atoms with Gasteiger partial charge >= 0.3 is 0 Å². The maximum Gasteiger partial charge on any atom is 0.214 e. The van der Waals surface area contributed by atoms with Crippen molar-refractivity contribution in [1.82, 2.24) is 20.2 Å². The van der Waals surface area contributed by atoms with E-state index in [-0.39, 0.29) is 5.78 Å². The van der Waals surface area contributed by atoms with E-state index >= 15 is 0 Å². The molecular weight excluding hydrogens is 168 g/mol. The van der Waals surface area contributed by atoms with E-state index in [9.17, 15) is 4.79 Å². The number of nitrogens with zero attached hydrogens (tertiary/aromatic N) is 3. The molecule has 0 aromatic carbocycles. The van der Waals surface area contributed by atoms with Crippen molar-refractivity contribution in [3.63, 3.8) is 0 Å². The second-order valence-electron chi connectivity index (χ2n) is 2.41. The molecule has 2 aromatic rings. The van der Waals surface area contributed by atoms with Gasteiger partial charge < -0.3 is 0 Å². The van der Waals surface area contributed by atoms with E-state index in [0.717, 1.165) is 0 Å². The minimum Gasteiger partial charge on any atom is -0.287 e. The fraction of sp³-hybridized carbons (Fsp3) is 0. The number of ketones is 1. The molecule has 0 aliphatic heterocycles. The number of H-pyrrole nitrogens is 1. The van der Waals surface area contributed by atoms with E-state index in [0.29, 0.717) is 11.3 Å². The molecule has 64 valence electrons. The smallest absolute Gasteiger partial charge is 0.214 e. The first-order valence-corrected chi connectivity index (χ1v) is 3.67. The van der Waals surface area contributed by atoms with Gasteiger partial charge in [0.2, 0.25) is 5.78 Å². The van der Waals surface area contributed by atoms with Crippen molar-refractivity contribution < 1.29 is 4.79 Å². The van der Waals surface area contributed by atoms with Gasteiger partial charge in [-0.25, -0.2) is 9.97 Å². The van der Waals surface area contributed by atoms with Gasteiger partial charge in [-0.05, 0) is 6.07 Å². The van der Waals surface area contributed by atoms with Gasteiger partial charge in [0.25, 0.3) is 0 Å². The Morgan fingerprint density at radius 2 is 2.38 bits per heavy atom. The highest BCUT2D eigenvalue weighted by Gasteiger charge is 2.10. The summed E-state index contributed by atoms with van der Waals surface area (Å²) >= 11 is 0. The molecule has 2 aromatic heterocycles. The lowest BCUT2D eigenvalue weighted by Gasteiger charge is -1.93. The van der Waals surface area contributed by atoms with Gasteiger partial charge in [0.15, 0.2) is 0 Å². The molecular formula is C8H6N4O. The number of nitrogens with one attached hydrogen (secondary N) is 1. The van der Waals surface area contributed by atoms with Gasteiger partial charge in [-0.1, -0.05) is 0 Å². The second kappa shape index (κ2) is 3.14. The molecule has 0 atom stereocenters. The highest BCUT2D eigenvalue weighted by atomic mass is 16.1. The van der Waals surface area contributed by atoms with Crippen LogP contribution in [0.25, 0.3) is 0 Å². The first kappa shape index (κ1) is 7.60. The molecule has 0 unspecified atom stereocenters. The van der Waals surface area contributed by atoms with Crippen LogP contribution in [0.3, 0.4) is 0 Å². The summed E-state index contributed by atoms with van der Waals surface area (Å²) in [7, 11) is 0. The molecule has 0 saturated carbocycles. The molecule has 0 radical (unpaired) electrons. The van der Waals surface area contributed by atoms with E-state index in [2.05, 4.69) is 20.2 Å². The summed E-state index contributed by atoms with van der Waals surface area (Å²) in [6.45, 7) is 0. The number of rotatable bonds is 2. The first-order valence-electron chi connectivity index (χ1n) is 3.67. The van der Waals surface area contributed by atoms with Crippen molar-refractivity contribution in [2.45, 2.75) is 0 Å². The number of carbonyl (C=O) groups excluding carboxylic acids is 1. The van der Waals surface area contributed by atoms with Gasteiger partial charge in [0.05, 0.1) is 11.8 Å². The fourth-order valence-electron chi connectivity index (χ4n) is 0.948. The number of carbonyl (C=O) groups is 1. The lowest BCUT2D eigenvalue weighted by molar-refractivity contribution is 0.103. The molecule has 2 heterocycles. The van der Waals surface area contributed by atoms with Crippen LogP contribution in [0.1, 0.15) is 16.1 Å². The third-order valence-corrected chi connectivity index (χ3v) is 1.58. The molecule has 0 aliphatic carbocycles. The zero-order valence-corrected chi connectivity index (χ0v) is 6.64. The van der Waals surface area contributed by atoms with Crippen LogP contribution in [0.4, 0.5) is 0 Å². The molecule has 1 N–H and O–H groups in total. The van der Waals surface area contributed by atoms with Crippen LogP contribution in [0.2, 0.25) is 0 Å². The Hall–Kier alpha value is -2.04. The Kier molecular flexibility index (Phi) is 1.84. The predicted molar refractivity (Wildman–Crippen MR) is 44.1 cm³/mol. The number of hydrogen-bond acceptors (Lipinski definition) is 4. The SMILES string of the molecule is O=C(c1cn[nH]c1)c1ccncn1. The normalized spacial score (nSPS) is 9.85. The van der Waals surface area contributed by atoms with Crippen LogP contribution in [0, 0.1) is 0 Å². The Morgan fingerprint density at radius 1 is 1.46 bits per heavy atom. The van der Waals surface area contributed by atoms with E-state index < -0.39 is 0 Å². The van der Waals surface area contributed by atoms with Crippen molar-refractivity contribution in [3.05, 3.63) is 42.2 Å². The molecule has 5 heteroatoms. The maximum absolute atomic E-state index is 11.6. The third-order valence-electron chi connectivity index (χ3n) is 1.58. The summed E-state index contributed by atoms with van der Waals surface area (Å²) in [5.41, 5.74) is 0.870. The second-order valence-corrected chi connectivity index (χ2v) is 2.41. The van der Waals surface area contributed by atoms with Crippen molar-refractivity contribution in [2.75, 3.05) is 0 Å². The number of aromatic amines is 1.